The van der Waals surface area contributed by atoms with Crippen LogP contribution in [0.3, 0.4) is 0 Å². The van der Waals surface area contributed by atoms with Gasteiger partial charge in [-0.1, -0.05) is 32.9 Å². The second-order valence-electron chi connectivity index (χ2n) is 9.06. The Morgan fingerprint density at radius 1 is 1.09 bits per heavy atom. The van der Waals surface area contributed by atoms with Crippen molar-refractivity contribution in [3.05, 3.63) is 77.6 Å². The number of fused-ring (bicyclic) bond motifs is 4. The van der Waals surface area contributed by atoms with Gasteiger partial charge in [-0.2, -0.15) is 4.39 Å². The van der Waals surface area contributed by atoms with E-state index in [9.17, 15) is 4.39 Å². The molecule has 2 aromatic heterocycles. The number of hydrogen-bond donors (Lipinski definition) is 1. The lowest BCUT2D eigenvalue weighted by atomic mass is 9.80. The average molecular weight is 430 g/mol. The first-order chi connectivity index (χ1) is 15.2. The van der Waals surface area contributed by atoms with E-state index in [1.165, 1.54) is 6.20 Å². The number of rotatable bonds is 2. The number of benzene rings is 1. The third-order valence-corrected chi connectivity index (χ3v) is 5.53. The molecule has 0 amide bonds. The van der Waals surface area contributed by atoms with Crippen molar-refractivity contribution in [3.63, 3.8) is 0 Å². The van der Waals surface area contributed by atoms with Gasteiger partial charge in [0, 0.05) is 22.9 Å². The van der Waals surface area contributed by atoms with Crippen molar-refractivity contribution in [2.45, 2.75) is 26.3 Å². The molecule has 1 atom stereocenters. The zero-order valence-electron chi connectivity index (χ0n) is 18.1. The number of ether oxygens (including phenoxy) is 2. The van der Waals surface area contributed by atoms with Gasteiger partial charge in [0.1, 0.15) is 12.4 Å². The monoisotopic (exact) mass is 430 g/mol. The van der Waals surface area contributed by atoms with Crippen molar-refractivity contribution in [1.29, 1.82) is 0 Å². The number of amidine groups is 1. The Labute approximate surface area is 185 Å². The molecule has 0 bridgehead atoms. The first kappa shape index (κ1) is 20.2. The van der Waals surface area contributed by atoms with Crippen molar-refractivity contribution in [3.8, 4) is 22.6 Å². The Morgan fingerprint density at radius 3 is 2.62 bits per heavy atom. The predicted molar refractivity (Wildman–Crippen MR) is 121 cm³/mol. The molecule has 2 N–H and O–H groups in total. The van der Waals surface area contributed by atoms with Gasteiger partial charge < -0.3 is 15.2 Å². The van der Waals surface area contributed by atoms with Crippen LogP contribution < -0.4 is 10.5 Å². The van der Waals surface area contributed by atoms with Gasteiger partial charge in [-0.05, 0) is 47.4 Å². The highest BCUT2D eigenvalue weighted by atomic mass is 19.1. The quantitative estimate of drug-likeness (QED) is 0.576. The van der Waals surface area contributed by atoms with Gasteiger partial charge in [0.05, 0.1) is 11.9 Å². The number of allylic oxidation sites excluding steroid dienone is 1. The van der Waals surface area contributed by atoms with E-state index in [-0.39, 0.29) is 18.0 Å². The summed E-state index contributed by atoms with van der Waals surface area (Å²) in [5, 5.41) is 0. The van der Waals surface area contributed by atoms with Gasteiger partial charge in [-0.3, -0.25) is 4.98 Å². The second kappa shape index (κ2) is 7.15. The SMILES string of the molecule is CC(C)(C)/C=C/c1cc2c(cn1)Oc1ccc(-c3cccnc3F)cc1[C@@]21COC(N)=N1. The Balaban J connectivity index is 1.68. The highest BCUT2D eigenvalue weighted by Gasteiger charge is 2.47. The minimum atomic E-state index is -0.908. The summed E-state index contributed by atoms with van der Waals surface area (Å²) in [5.41, 5.74) is 8.48. The van der Waals surface area contributed by atoms with Crippen LogP contribution in [0.25, 0.3) is 17.2 Å². The molecule has 0 saturated heterocycles. The first-order valence-electron chi connectivity index (χ1n) is 10.4. The summed E-state index contributed by atoms with van der Waals surface area (Å²) >= 11 is 0. The van der Waals surface area contributed by atoms with Gasteiger partial charge in [0.2, 0.25) is 5.95 Å². The minimum Gasteiger partial charge on any atom is -0.462 e. The smallest absolute Gasteiger partial charge is 0.283 e. The third-order valence-electron chi connectivity index (χ3n) is 5.53. The fourth-order valence-corrected chi connectivity index (χ4v) is 3.97. The van der Waals surface area contributed by atoms with Crippen LogP contribution in [0.4, 0.5) is 4.39 Å². The van der Waals surface area contributed by atoms with E-state index in [0.29, 0.717) is 22.6 Å². The third kappa shape index (κ3) is 3.39. The molecule has 7 heteroatoms. The number of aliphatic imine (C=N–C) groups is 1. The fourth-order valence-electron chi connectivity index (χ4n) is 3.97. The van der Waals surface area contributed by atoms with Crippen molar-refractivity contribution in [1.82, 2.24) is 9.97 Å². The van der Waals surface area contributed by atoms with E-state index in [4.69, 9.17) is 20.2 Å². The molecule has 1 spiro atoms. The molecule has 2 aliphatic heterocycles. The fraction of sp³-hybridized carbons (Fsp3) is 0.240. The Bertz CT molecular complexity index is 1280. The molecule has 0 saturated carbocycles. The Hall–Kier alpha value is -3.74. The van der Waals surface area contributed by atoms with E-state index in [1.54, 1.807) is 30.5 Å². The van der Waals surface area contributed by atoms with E-state index in [2.05, 4.69) is 36.8 Å². The largest absolute Gasteiger partial charge is 0.462 e. The van der Waals surface area contributed by atoms with Crippen LogP contribution in [0.2, 0.25) is 0 Å². The Kier molecular flexibility index (Phi) is 4.51. The highest BCUT2D eigenvalue weighted by molar-refractivity contribution is 5.78. The summed E-state index contributed by atoms with van der Waals surface area (Å²) in [6.07, 6.45) is 7.19. The Morgan fingerprint density at radius 2 is 1.91 bits per heavy atom. The van der Waals surface area contributed by atoms with E-state index in [0.717, 1.165) is 16.8 Å². The topological polar surface area (TPSA) is 82.6 Å². The first-order valence-corrected chi connectivity index (χ1v) is 10.4. The summed E-state index contributed by atoms with van der Waals surface area (Å²) in [5.74, 6) is 0.656. The lowest BCUT2D eigenvalue weighted by Gasteiger charge is -2.33. The summed E-state index contributed by atoms with van der Waals surface area (Å²) in [6, 6.07) is 10.9. The number of nitrogens with two attached hydrogens (primary N) is 1. The molecule has 0 fully saturated rings. The van der Waals surface area contributed by atoms with E-state index in [1.807, 2.05) is 18.2 Å². The van der Waals surface area contributed by atoms with Crippen molar-refractivity contribution >= 4 is 12.1 Å². The molecule has 4 heterocycles. The molecule has 6 nitrogen and oxygen atoms in total. The van der Waals surface area contributed by atoms with E-state index >= 15 is 0 Å². The number of halogens is 1. The molecule has 0 aliphatic carbocycles. The standard InChI is InChI=1S/C25H23FN4O2/c1-24(2,3)9-8-16-12-19-21(13-29-16)32-20-7-6-15(17-5-4-10-28-22(17)26)11-18(20)25(19)14-31-23(27)30-25/h4-13H,14H2,1-3H3,(H2,27,30)/b9-8+/t25-/m0/s1. The van der Waals surface area contributed by atoms with Crippen LogP contribution in [0.15, 0.2) is 59.9 Å². The van der Waals surface area contributed by atoms with Gasteiger partial charge in [-0.15, -0.1) is 0 Å². The summed E-state index contributed by atoms with van der Waals surface area (Å²) in [4.78, 5) is 13.0. The van der Waals surface area contributed by atoms with Gasteiger partial charge in [0.15, 0.2) is 11.3 Å². The van der Waals surface area contributed by atoms with Crippen molar-refractivity contribution in [2.24, 2.45) is 16.1 Å². The molecule has 162 valence electrons. The van der Waals surface area contributed by atoms with Crippen LogP contribution >= 0.6 is 0 Å². The van der Waals surface area contributed by atoms with Crippen molar-refractivity contribution in [2.75, 3.05) is 6.61 Å². The minimum absolute atomic E-state index is 0.0140. The number of aromatic nitrogens is 2. The zero-order valence-corrected chi connectivity index (χ0v) is 18.1. The lowest BCUT2D eigenvalue weighted by molar-refractivity contribution is 0.264. The average Bonchev–Trinajstić information content (AvgIpc) is 3.15. The van der Waals surface area contributed by atoms with Gasteiger partial charge >= 0.3 is 0 Å². The van der Waals surface area contributed by atoms with E-state index < -0.39 is 11.5 Å². The number of hydrogen-bond acceptors (Lipinski definition) is 6. The maximum atomic E-state index is 14.4. The maximum absolute atomic E-state index is 14.4. The summed E-state index contributed by atoms with van der Waals surface area (Å²) in [6.45, 7) is 6.58. The maximum Gasteiger partial charge on any atom is 0.283 e. The summed E-state index contributed by atoms with van der Waals surface area (Å²) < 4.78 is 26.2. The number of nitrogens with zero attached hydrogens (tertiary/aromatic N) is 3. The summed E-state index contributed by atoms with van der Waals surface area (Å²) in [7, 11) is 0. The molecule has 0 unspecified atom stereocenters. The molecular formula is C25H23FN4O2. The van der Waals surface area contributed by atoms with Crippen LogP contribution in [0, 0.1) is 11.4 Å². The molecule has 0 radical (unpaired) electrons. The molecule has 1 aromatic carbocycles. The number of pyridine rings is 2. The van der Waals surface area contributed by atoms with Crippen LogP contribution in [-0.4, -0.2) is 22.6 Å². The molecular weight excluding hydrogens is 407 g/mol. The normalized spacial score (nSPS) is 19.3. The van der Waals surface area contributed by atoms with Gasteiger partial charge in [0.25, 0.3) is 6.02 Å². The molecule has 2 aliphatic rings. The van der Waals surface area contributed by atoms with Gasteiger partial charge in [-0.25, -0.2) is 9.98 Å². The molecule has 5 rings (SSSR count). The van der Waals surface area contributed by atoms with Crippen LogP contribution in [-0.2, 0) is 10.3 Å². The van der Waals surface area contributed by atoms with Crippen LogP contribution in [0.1, 0.15) is 37.6 Å². The second-order valence-corrected chi connectivity index (χ2v) is 9.06. The molecule has 32 heavy (non-hydrogen) atoms. The molecule has 3 aromatic rings. The predicted octanol–water partition coefficient (Wildman–Crippen LogP) is 5.04. The zero-order chi connectivity index (χ0) is 22.5. The van der Waals surface area contributed by atoms with Crippen molar-refractivity contribution < 1.29 is 13.9 Å². The lowest BCUT2D eigenvalue weighted by Crippen LogP contribution is -2.31. The highest BCUT2D eigenvalue weighted by Crippen LogP contribution is 2.51. The van der Waals surface area contributed by atoms with Crippen LogP contribution in [0.5, 0.6) is 11.5 Å².